The summed E-state index contributed by atoms with van der Waals surface area (Å²) in [5.74, 6) is 1.41. The number of ether oxygens (including phenoxy) is 1. The van der Waals surface area contributed by atoms with Crippen molar-refractivity contribution >= 4 is 28.5 Å². The Morgan fingerprint density at radius 3 is 2.70 bits per heavy atom. The van der Waals surface area contributed by atoms with Gasteiger partial charge in [-0.3, -0.25) is 0 Å². The summed E-state index contributed by atoms with van der Waals surface area (Å²) in [7, 11) is 0. The first-order chi connectivity index (χ1) is 9.63. The minimum Gasteiger partial charge on any atom is -0.486 e. The van der Waals surface area contributed by atoms with Gasteiger partial charge in [-0.25, -0.2) is 4.98 Å². The lowest BCUT2D eigenvalue weighted by atomic mass is 10.2. The summed E-state index contributed by atoms with van der Waals surface area (Å²) in [6.07, 6.45) is 2.38. The lowest BCUT2D eigenvalue weighted by molar-refractivity contribution is 0.305. The second-order valence-electron chi connectivity index (χ2n) is 5.06. The number of aromatic nitrogens is 1. The van der Waals surface area contributed by atoms with Crippen molar-refractivity contribution < 1.29 is 4.74 Å². The Bertz CT molecular complexity index is 630. The summed E-state index contributed by atoms with van der Waals surface area (Å²) >= 11 is 6.67. The number of thiocarbonyl (C=S) groups is 1. The van der Waals surface area contributed by atoms with Crippen LogP contribution in [0.15, 0.2) is 24.3 Å². The van der Waals surface area contributed by atoms with Crippen LogP contribution in [0.2, 0.25) is 0 Å². The van der Waals surface area contributed by atoms with Gasteiger partial charge in [0.15, 0.2) is 0 Å². The molecule has 1 aliphatic carbocycles. The molecule has 0 unspecified atom stereocenters. The third kappa shape index (κ3) is 2.99. The highest BCUT2D eigenvalue weighted by Gasteiger charge is 2.30. The van der Waals surface area contributed by atoms with Gasteiger partial charge in [-0.2, -0.15) is 0 Å². The van der Waals surface area contributed by atoms with Gasteiger partial charge < -0.3 is 10.5 Å². The Kier molecular flexibility index (Phi) is 3.72. The zero-order chi connectivity index (χ0) is 14.1. The highest BCUT2D eigenvalue weighted by Crippen LogP contribution is 2.42. The normalized spacial score (nSPS) is 14.2. The number of hydrogen-bond acceptors (Lipinski definition) is 4. The van der Waals surface area contributed by atoms with E-state index in [0.717, 1.165) is 21.3 Å². The molecule has 3 rings (SSSR count). The molecule has 0 amide bonds. The fourth-order valence-electron chi connectivity index (χ4n) is 2.03. The van der Waals surface area contributed by atoms with Gasteiger partial charge >= 0.3 is 0 Å². The minimum atomic E-state index is 0.450. The van der Waals surface area contributed by atoms with Crippen LogP contribution in [-0.2, 0) is 6.61 Å². The Morgan fingerprint density at radius 2 is 2.10 bits per heavy atom. The van der Waals surface area contributed by atoms with Gasteiger partial charge in [0.2, 0.25) is 0 Å². The summed E-state index contributed by atoms with van der Waals surface area (Å²) in [4.78, 5) is 6.07. The molecule has 1 saturated carbocycles. The smallest absolute Gasteiger partial charge is 0.140 e. The van der Waals surface area contributed by atoms with Gasteiger partial charge in [-0.05, 0) is 31.9 Å². The average Bonchev–Trinajstić information content (AvgIpc) is 3.18. The predicted molar refractivity (Wildman–Crippen MR) is 85.5 cm³/mol. The van der Waals surface area contributed by atoms with E-state index in [1.54, 1.807) is 11.3 Å². The maximum atomic E-state index is 5.78. The molecule has 1 aromatic heterocycles. The maximum absolute atomic E-state index is 5.78. The van der Waals surface area contributed by atoms with Crippen LogP contribution in [-0.4, -0.2) is 9.97 Å². The first-order valence-electron chi connectivity index (χ1n) is 6.62. The van der Waals surface area contributed by atoms with Crippen LogP contribution in [0.4, 0.5) is 0 Å². The van der Waals surface area contributed by atoms with Crippen molar-refractivity contribution in [2.75, 3.05) is 0 Å². The molecule has 5 heteroatoms. The molecule has 1 heterocycles. The number of hydrogen-bond donors (Lipinski definition) is 1. The molecule has 1 fully saturated rings. The Labute approximate surface area is 127 Å². The SMILES string of the molecule is Cc1ccc(OCc2nc(C3CC3)c(C(N)=S)s2)cc1. The van der Waals surface area contributed by atoms with Crippen molar-refractivity contribution in [2.24, 2.45) is 5.73 Å². The summed E-state index contributed by atoms with van der Waals surface area (Å²) in [6.45, 7) is 2.52. The summed E-state index contributed by atoms with van der Waals surface area (Å²) in [5.41, 5.74) is 8.07. The monoisotopic (exact) mass is 304 g/mol. The molecule has 3 nitrogen and oxygen atoms in total. The standard InChI is InChI=1S/C15H16N2OS2/c1-9-2-6-11(7-3-9)18-8-12-17-13(10-4-5-10)14(20-12)15(16)19/h2-3,6-7,10H,4-5,8H2,1H3,(H2,16,19). The Hall–Kier alpha value is -1.46. The third-order valence-electron chi connectivity index (χ3n) is 3.27. The third-order valence-corrected chi connectivity index (χ3v) is 4.68. The molecule has 0 spiro atoms. The molecule has 0 aliphatic heterocycles. The molecule has 0 bridgehead atoms. The molecule has 0 radical (unpaired) electrons. The molecule has 0 atom stereocenters. The van der Waals surface area contributed by atoms with Crippen molar-refractivity contribution in [3.05, 3.63) is 45.4 Å². The van der Waals surface area contributed by atoms with Crippen LogP contribution in [0, 0.1) is 6.92 Å². The lowest BCUT2D eigenvalue weighted by Crippen LogP contribution is -2.09. The van der Waals surface area contributed by atoms with Crippen LogP contribution in [0.3, 0.4) is 0 Å². The second-order valence-corrected chi connectivity index (χ2v) is 6.59. The summed E-state index contributed by atoms with van der Waals surface area (Å²) in [6, 6.07) is 8.01. The highest BCUT2D eigenvalue weighted by molar-refractivity contribution is 7.81. The molecular weight excluding hydrogens is 288 g/mol. The molecule has 2 N–H and O–H groups in total. The lowest BCUT2D eigenvalue weighted by Gasteiger charge is -2.03. The van der Waals surface area contributed by atoms with Crippen LogP contribution >= 0.6 is 23.6 Å². The Morgan fingerprint density at radius 1 is 1.40 bits per heavy atom. The fraction of sp³-hybridized carbons (Fsp3) is 0.333. The van der Waals surface area contributed by atoms with Gasteiger partial charge in [0.25, 0.3) is 0 Å². The molecule has 1 aliphatic rings. The van der Waals surface area contributed by atoms with E-state index < -0.39 is 0 Å². The zero-order valence-corrected chi connectivity index (χ0v) is 12.9. The van der Waals surface area contributed by atoms with Crippen LogP contribution in [0.5, 0.6) is 5.75 Å². The topological polar surface area (TPSA) is 48.1 Å². The van der Waals surface area contributed by atoms with Gasteiger partial charge in [-0.1, -0.05) is 29.9 Å². The number of nitrogens with zero attached hydrogens (tertiary/aromatic N) is 1. The molecule has 104 valence electrons. The van der Waals surface area contributed by atoms with Gasteiger partial charge in [-0.15, -0.1) is 11.3 Å². The first-order valence-corrected chi connectivity index (χ1v) is 7.85. The quantitative estimate of drug-likeness (QED) is 0.858. The van der Waals surface area contributed by atoms with Crippen molar-refractivity contribution in [3.8, 4) is 5.75 Å². The van der Waals surface area contributed by atoms with E-state index in [1.807, 2.05) is 24.3 Å². The molecule has 1 aromatic carbocycles. The number of nitrogens with two attached hydrogens (primary N) is 1. The van der Waals surface area contributed by atoms with Crippen LogP contribution in [0.25, 0.3) is 0 Å². The predicted octanol–water partition coefficient (Wildman–Crippen LogP) is 3.54. The van der Waals surface area contributed by atoms with E-state index in [2.05, 4.69) is 11.9 Å². The number of thiazole rings is 1. The highest BCUT2D eigenvalue weighted by atomic mass is 32.1. The number of aryl methyl sites for hydroxylation is 1. The number of benzene rings is 1. The van der Waals surface area contributed by atoms with E-state index in [1.165, 1.54) is 18.4 Å². The Balaban J connectivity index is 1.72. The molecule has 2 aromatic rings. The van der Waals surface area contributed by atoms with Crippen molar-refractivity contribution in [1.29, 1.82) is 0 Å². The fourth-order valence-corrected chi connectivity index (χ4v) is 3.17. The second kappa shape index (κ2) is 5.50. The minimum absolute atomic E-state index is 0.450. The van der Waals surface area contributed by atoms with Crippen molar-refractivity contribution in [2.45, 2.75) is 32.3 Å². The van der Waals surface area contributed by atoms with Gasteiger partial charge in [0.1, 0.15) is 22.4 Å². The van der Waals surface area contributed by atoms with Crippen molar-refractivity contribution in [3.63, 3.8) is 0 Å². The van der Waals surface area contributed by atoms with Gasteiger partial charge in [0.05, 0.1) is 10.6 Å². The van der Waals surface area contributed by atoms with E-state index in [-0.39, 0.29) is 0 Å². The molecule has 0 saturated heterocycles. The van der Waals surface area contributed by atoms with Crippen LogP contribution < -0.4 is 10.5 Å². The molecule has 20 heavy (non-hydrogen) atoms. The molecular formula is C15H16N2OS2. The average molecular weight is 304 g/mol. The first kappa shape index (κ1) is 13.5. The zero-order valence-electron chi connectivity index (χ0n) is 11.3. The maximum Gasteiger partial charge on any atom is 0.140 e. The van der Waals surface area contributed by atoms with E-state index in [0.29, 0.717) is 17.5 Å². The van der Waals surface area contributed by atoms with E-state index in [9.17, 15) is 0 Å². The summed E-state index contributed by atoms with van der Waals surface area (Å²) < 4.78 is 5.76. The van der Waals surface area contributed by atoms with Gasteiger partial charge in [0, 0.05) is 5.92 Å². The van der Waals surface area contributed by atoms with Crippen molar-refractivity contribution in [1.82, 2.24) is 4.98 Å². The largest absolute Gasteiger partial charge is 0.486 e. The summed E-state index contributed by atoms with van der Waals surface area (Å²) in [5, 5.41) is 0.940. The van der Waals surface area contributed by atoms with Crippen LogP contribution in [0.1, 0.15) is 39.9 Å². The number of rotatable bonds is 5. The van der Waals surface area contributed by atoms with E-state index >= 15 is 0 Å². The van der Waals surface area contributed by atoms with E-state index in [4.69, 9.17) is 22.7 Å².